The second-order valence-corrected chi connectivity index (χ2v) is 8.76. The van der Waals surface area contributed by atoms with Crippen LogP contribution in [0, 0.1) is 5.82 Å². The summed E-state index contributed by atoms with van der Waals surface area (Å²) in [5, 5.41) is 4.01. The van der Waals surface area contributed by atoms with E-state index in [1.54, 1.807) is 6.07 Å². The second-order valence-electron chi connectivity index (χ2n) is 7.50. The molecular formula is C26H28BrClFNO2. The molecule has 1 unspecified atom stereocenters. The Morgan fingerprint density at radius 1 is 1.03 bits per heavy atom. The van der Waals surface area contributed by atoms with Crippen LogP contribution in [0.25, 0.3) is 0 Å². The van der Waals surface area contributed by atoms with Crippen molar-refractivity contribution < 1.29 is 13.9 Å². The molecule has 1 N–H and O–H groups in total. The van der Waals surface area contributed by atoms with Crippen LogP contribution in [0.15, 0.2) is 65.1 Å². The van der Waals surface area contributed by atoms with Gasteiger partial charge < -0.3 is 14.8 Å². The van der Waals surface area contributed by atoms with Gasteiger partial charge in [0.2, 0.25) is 0 Å². The van der Waals surface area contributed by atoms with Gasteiger partial charge in [-0.05, 0) is 64.7 Å². The molecule has 0 saturated carbocycles. The van der Waals surface area contributed by atoms with E-state index >= 15 is 0 Å². The van der Waals surface area contributed by atoms with Crippen LogP contribution in [0.2, 0.25) is 5.02 Å². The highest BCUT2D eigenvalue weighted by atomic mass is 79.9. The summed E-state index contributed by atoms with van der Waals surface area (Å²) < 4.78 is 26.0. The van der Waals surface area contributed by atoms with Crippen molar-refractivity contribution >= 4 is 27.5 Å². The largest absolute Gasteiger partial charge is 0.490 e. The number of hydrogen-bond donors (Lipinski definition) is 1. The molecule has 0 bridgehead atoms. The summed E-state index contributed by atoms with van der Waals surface area (Å²) in [7, 11) is 0. The number of halogens is 3. The van der Waals surface area contributed by atoms with Gasteiger partial charge in [0.1, 0.15) is 12.4 Å². The lowest BCUT2D eigenvalue weighted by Gasteiger charge is -2.20. The third-order valence-electron chi connectivity index (χ3n) is 5.09. The molecule has 3 aromatic rings. The quantitative estimate of drug-likeness (QED) is 0.279. The average molecular weight is 521 g/mol. The first-order chi connectivity index (χ1) is 15.5. The standard InChI is InChI=1S/C26H28BrClFNO2/c1-3-8-24(19-9-6-5-7-10-19)30-16-18-13-22(27)26(25(14-18)31-4-2)32-17-20-11-12-21(29)15-23(20)28/h5-7,9-15,24,30H,3-4,8,16-17H2,1-2H3. The molecule has 0 heterocycles. The molecule has 0 saturated heterocycles. The van der Waals surface area contributed by atoms with E-state index in [1.807, 2.05) is 25.1 Å². The molecule has 0 aromatic heterocycles. The summed E-state index contributed by atoms with van der Waals surface area (Å²) in [6.07, 6.45) is 2.16. The van der Waals surface area contributed by atoms with Crippen LogP contribution in [0.3, 0.4) is 0 Å². The Morgan fingerprint density at radius 3 is 2.50 bits per heavy atom. The number of hydrogen-bond acceptors (Lipinski definition) is 3. The highest BCUT2D eigenvalue weighted by Gasteiger charge is 2.15. The van der Waals surface area contributed by atoms with Crippen molar-refractivity contribution in [2.24, 2.45) is 0 Å². The minimum atomic E-state index is -0.372. The minimum Gasteiger partial charge on any atom is -0.490 e. The molecule has 3 nitrogen and oxygen atoms in total. The van der Waals surface area contributed by atoms with Crippen molar-refractivity contribution in [2.45, 2.75) is 45.9 Å². The van der Waals surface area contributed by atoms with Gasteiger partial charge in [-0.15, -0.1) is 0 Å². The molecular weight excluding hydrogens is 493 g/mol. The average Bonchev–Trinajstić information content (AvgIpc) is 2.78. The fraction of sp³-hybridized carbons (Fsp3) is 0.308. The van der Waals surface area contributed by atoms with E-state index in [-0.39, 0.29) is 18.5 Å². The Kier molecular flexibility index (Phi) is 9.39. The number of nitrogens with one attached hydrogen (secondary N) is 1. The van der Waals surface area contributed by atoms with Crippen molar-refractivity contribution in [3.8, 4) is 11.5 Å². The molecule has 3 aromatic carbocycles. The number of rotatable bonds is 11. The van der Waals surface area contributed by atoms with Crippen molar-refractivity contribution in [3.63, 3.8) is 0 Å². The fourth-order valence-electron chi connectivity index (χ4n) is 3.52. The lowest BCUT2D eigenvalue weighted by molar-refractivity contribution is 0.267. The molecule has 32 heavy (non-hydrogen) atoms. The van der Waals surface area contributed by atoms with Crippen LogP contribution in [0.5, 0.6) is 11.5 Å². The Balaban J connectivity index is 1.75. The zero-order valence-electron chi connectivity index (χ0n) is 18.3. The maximum Gasteiger partial charge on any atom is 0.175 e. The predicted molar refractivity (Wildman–Crippen MR) is 132 cm³/mol. The Bertz CT molecular complexity index is 1020. The van der Waals surface area contributed by atoms with E-state index in [0.29, 0.717) is 35.2 Å². The molecule has 0 aliphatic rings. The first-order valence-electron chi connectivity index (χ1n) is 10.8. The zero-order valence-corrected chi connectivity index (χ0v) is 20.7. The first-order valence-corrected chi connectivity index (χ1v) is 12.0. The zero-order chi connectivity index (χ0) is 22.9. The highest BCUT2D eigenvalue weighted by molar-refractivity contribution is 9.10. The van der Waals surface area contributed by atoms with Crippen LogP contribution in [0.1, 0.15) is 49.4 Å². The molecule has 0 radical (unpaired) electrons. The summed E-state index contributed by atoms with van der Waals surface area (Å²) in [5.41, 5.74) is 3.08. The smallest absolute Gasteiger partial charge is 0.175 e. The van der Waals surface area contributed by atoms with E-state index in [1.165, 1.54) is 17.7 Å². The molecule has 0 aliphatic carbocycles. The molecule has 0 spiro atoms. The van der Waals surface area contributed by atoms with Crippen molar-refractivity contribution in [3.05, 3.63) is 92.7 Å². The monoisotopic (exact) mass is 519 g/mol. The van der Waals surface area contributed by atoms with Crippen LogP contribution >= 0.6 is 27.5 Å². The summed E-state index contributed by atoms with van der Waals surface area (Å²) in [6, 6.07) is 19.1. The summed E-state index contributed by atoms with van der Waals surface area (Å²) in [6.45, 7) is 5.55. The van der Waals surface area contributed by atoms with E-state index in [4.69, 9.17) is 21.1 Å². The molecule has 0 amide bonds. The van der Waals surface area contributed by atoms with Crippen LogP contribution < -0.4 is 14.8 Å². The maximum atomic E-state index is 13.3. The minimum absolute atomic E-state index is 0.210. The molecule has 0 fully saturated rings. The normalized spacial score (nSPS) is 11.9. The van der Waals surface area contributed by atoms with Gasteiger partial charge in [-0.2, -0.15) is 0 Å². The van der Waals surface area contributed by atoms with Gasteiger partial charge in [-0.1, -0.05) is 61.3 Å². The highest BCUT2D eigenvalue weighted by Crippen LogP contribution is 2.38. The van der Waals surface area contributed by atoms with Crippen molar-refractivity contribution in [2.75, 3.05) is 6.61 Å². The number of benzene rings is 3. The second kappa shape index (κ2) is 12.2. The van der Waals surface area contributed by atoms with Gasteiger partial charge in [0.15, 0.2) is 11.5 Å². The molecule has 1 atom stereocenters. The molecule has 170 valence electrons. The third kappa shape index (κ3) is 6.71. The summed E-state index contributed by atoms with van der Waals surface area (Å²) in [4.78, 5) is 0. The van der Waals surface area contributed by atoms with Crippen molar-refractivity contribution in [1.82, 2.24) is 5.32 Å². The summed E-state index contributed by atoms with van der Waals surface area (Å²) >= 11 is 9.77. The summed E-state index contributed by atoms with van der Waals surface area (Å²) in [5.74, 6) is 0.886. The van der Waals surface area contributed by atoms with E-state index in [2.05, 4.69) is 52.4 Å². The van der Waals surface area contributed by atoms with Gasteiger partial charge >= 0.3 is 0 Å². The SMILES string of the molecule is CCCC(NCc1cc(Br)c(OCc2ccc(F)cc2Cl)c(OCC)c1)c1ccccc1. The Morgan fingerprint density at radius 2 is 1.81 bits per heavy atom. The number of ether oxygens (including phenoxy) is 2. The van der Waals surface area contributed by atoms with Gasteiger partial charge in [-0.25, -0.2) is 4.39 Å². The topological polar surface area (TPSA) is 30.5 Å². The van der Waals surface area contributed by atoms with Gasteiger partial charge in [0.05, 0.1) is 16.1 Å². The van der Waals surface area contributed by atoms with Gasteiger partial charge in [0.25, 0.3) is 0 Å². The Labute approximate surface area is 203 Å². The Hall–Kier alpha value is -2.08. The van der Waals surface area contributed by atoms with Gasteiger partial charge in [-0.3, -0.25) is 0 Å². The van der Waals surface area contributed by atoms with Gasteiger partial charge in [0, 0.05) is 18.2 Å². The lowest BCUT2D eigenvalue weighted by atomic mass is 10.0. The van der Waals surface area contributed by atoms with E-state index in [0.717, 1.165) is 22.9 Å². The van der Waals surface area contributed by atoms with Crippen molar-refractivity contribution in [1.29, 1.82) is 0 Å². The molecule has 0 aliphatic heterocycles. The fourth-order valence-corrected chi connectivity index (χ4v) is 4.34. The molecule has 6 heteroatoms. The predicted octanol–water partition coefficient (Wildman–Crippen LogP) is 7.85. The maximum absolute atomic E-state index is 13.3. The van der Waals surface area contributed by atoms with Crippen LogP contribution in [-0.2, 0) is 13.2 Å². The van der Waals surface area contributed by atoms with Crippen LogP contribution in [-0.4, -0.2) is 6.61 Å². The van der Waals surface area contributed by atoms with Crippen LogP contribution in [0.4, 0.5) is 4.39 Å². The lowest BCUT2D eigenvalue weighted by Crippen LogP contribution is -2.21. The molecule has 3 rings (SSSR count). The van der Waals surface area contributed by atoms with E-state index < -0.39 is 0 Å². The third-order valence-corrected chi connectivity index (χ3v) is 6.03. The van der Waals surface area contributed by atoms with E-state index in [9.17, 15) is 4.39 Å². The first kappa shape index (κ1) is 24.6.